The highest BCUT2D eigenvalue weighted by Gasteiger charge is 2.18. The Kier molecular flexibility index (Phi) is 20.4. The average Bonchev–Trinajstić information content (AvgIpc) is 2.83. The summed E-state index contributed by atoms with van der Waals surface area (Å²) >= 11 is 0. The van der Waals surface area contributed by atoms with Gasteiger partial charge in [0.15, 0.2) is 6.10 Å². The normalized spacial score (nSPS) is 14.4. The number of ether oxygens (including phenoxy) is 3. The molecule has 0 heterocycles. The van der Waals surface area contributed by atoms with Crippen molar-refractivity contribution in [3.8, 4) is 0 Å². The minimum atomic E-state index is -0.846. The van der Waals surface area contributed by atoms with E-state index >= 15 is 0 Å². The van der Waals surface area contributed by atoms with Gasteiger partial charge in [0.05, 0.1) is 19.3 Å². The molecule has 0 aromatic rings. The van der Waals surface area contributed by atoms with Gasteiger partial charge in [0, 0.05) is 0 Å². The van der Waals surface area contributed by atoms with E-state index in [1.54, 1.807) is 18.2 Å². The molecule has 3 unspecified atom stereocenters. The summed E-state index contributed by atoms with van der Waals surface area (Å²) in [6.07, 6.45) is 17.0. The Morgan fingerprint density at radius 2 is 1.31 bits per heavy atom. The molecule has 0 aromatic heterocycles. The van der Waals surface area contributed by atoms with Crippen molar-refractivity contribution in [1.82, 2.24) is 0 Å². The average molecular weight is 507 g/mol. The van der Waals surface area contributed by atoms with E-state index in [-0.39, 0.29) is 32.5 Å². The van der Waals surface area contributed by atoms with Gasteiger partial charge >= 0.3 is 17.9 Å². The fourth-order valence-electron chi connectivity index (χ4n) is 3.19. The highest BCUT2D eigenvalue weighted by Crippen LogP contribution is 2.09. The van der Waals surface area contributed by atoms with Crippen LogP contribution in [0, 0.1) is 17.8 Å². The van der Waals surface area contributed by atoms with E-state index in [9.17, 15) is 14.4 Å². The van der Waals surface area contributed by atoms with Crippen LogP contribution in [-0.2, 0) is 28.6 Å². The lowest BCUT2D eigenvalue weighted by Crippen LogP contribution is -2.30. The standard InChI is InChI=1S/C30H50O6/c1-7-15-26(6)18-14-21-29(32)35-23-27(36-30(33)20-13-12-17-25(5)8-2)22-34-28(31)19-11-9-10-16-24(3)4/h9,11-14,18,24-27H,7-8,10,15-17,19-23H2,1-6H3/b11-9+,13-12+,18-14+. The third kappa shape index (κ3) is 21.0. The molecule has 0 aromatic carbocycles. The van der Waals surface area contributed by atoms with E-state index in [1.165, 1.54) is 0 Å². The van der Waals surface area contributed by atoms with Crippen LogP contribution in [-0.4, -0.2) is 37.2 Å². The van der Waals surface area contributed by atoms with E-state index in [4.69, 9.17) is 14.2 Å². The van der Waals surface area contributed by atoms with Crippen LogP contribution in [0.4, 0.5) is 0 Å². The molecule has 0 saturated heterocycles. The first-order valence-electron chi connectivity index (χ1n) is 13.6. The van der Waals surface area contributed by atoms with Crippen LogP contribution >= 0.6 is 0 Å². The van der Waals surface area contributed by atoms with E-state index in [0.29, 0.717) is 17.8 Å². The molecule has 0 N–H and O–H groups in total. The molecule has 0 aliphatic heterocycles. The van der Waals surface area contributed by atoms with Crippen molar-refractivity contribution >= 4 is 17.9 Å². The van der Waals surface area contributed by atoms with E-state index in [0.717, 1.165) is 38.5 Å². The van der Waals surface area contributed by atoms with Crippen molar-refractivity contribution in [2.45, 2.75) is 105 Å². The first-order chi connectivity index (χ1) is 17.2. The lowest BCUT2D eigenvalue weighted by atomic mass is 10.1. The summed E-state index contributed by atoms with van der Waals surface area (Å²) in [6, 6.07) is 0. The van der Waals surface area contributed by atoms with Gasteiger partial charge in [-0.1, -0.05) is 90.8 Å². The topological polar surface area (TPSA) is 78.9 Å². The van der Waals surface area contributed by atoms with Crippen molar-refractivity contribution in [2.75, 3.05) is 13.2 Å². The zero-order chi connectivity index (χ0) is 27.2. The molecule has 0 bridgehead atoms. The maximum atomic E-state index is 12.3. The SMILES string of the molecule is CCCC(C)/C=C/CC(=O)OCC(COC(=O)C/C=C/CCC(C)C)OC(=O)C/C=C/CC(C)CC. The second-order valence-electron chi connectivity index (χ2n) is 9.95. The van der Waals surface area contributed by atoms with Crippen molar-refractivity contribution in [3.63, 3.8) is 0 Å². The fraction of sp³-hybridized carbons (Fsp3) is 0.700. The summed E-state index contributed by atoms with van der Waals surface area (Å²) in [5, 5.41) is 0. The Morgan fingerprint density at radius 1 is 0.722 bits per heavy atom. The lowest BCUT2D eigenvalue weighted by Gasteiger charge is -2.17. The Hall–Kier alpha value is -2.37. The van der Waals surface area contributed by atoms with Crippen molar-refractivity contribution in [1.29, 1.82) is 0 Å². The Labute approximate surface area is 219 Å². The van der Waals surface area contributed by atoms with Gasteiger partial charge in [0.25, 0.3) is 0 Å². The molecule has 0 spiro atoms. The third-order valence-electron chi connectivity index (χ3n) is 5.70. The molecule has 0 aliphatic rings. The van der Waals surface area contributed by atoms with Gasteiger partial charge in [-0.3, -0.25) is 14.4 Å². The van der Waals surface area contributed by atoms with Crippen LogP contribution in [0.25, 0.3) is 0 Å². The minimum absolute atomic E-state index is 0.117. The number of hydrogen-bond acceptors (Lipinski definition) is 6. The molecule has 0 aliphatic carbocycles. The van der Waals surface area contributed by atoms with Crippen LogP contribution in [0.15, 0.2) is 36.5 Å². The molecular formula is C30H50O6. The van der Waals surface area contributed by atoms with Gasteiger partial charge in [-0.05, 0) is 43.4 Å². The molecule has 0 fully saturated rings. The molecule has 0 amide bonds. The first kappa shape index (κ1) is 33.6. The molecule has 0 rings (SSSR count). The van der Waals surface area contributed by atoms with E-state index in [1.807, 2.05) is 18.2 Å². The highest BCUT2D eigenvalue weighted by molar-refractivity contribution is 5.73. The Balaban J connectivity index is 4.73. The summed E-state index contributed by atoms with van der Waals surface area (Å²) in [4.78, 5) is 36.5. The van der Waals surface area contributed by atoms with Gasteiger partial charge in [-0.25, -0.2) is 0 Å². The summed E-state index contributed by atoms with van der Waals surface area (Å²) < 4.78 is 16.0. The number of esters is 3. The Bertz CT molecular complexity index is 692. The minimum Gasteiger partial charge on any atom is -0.461 e. The zero-order valence-corrected chi connectivity index (χ0v) is 23.5. The predicted molar refractivity (Wildman–Crippen MR) is 145 cm³/mol. The van der Waals surface area contributed by atoms with Crippen molar-refractivity contribution in [2.24, 2.45) is 17.8 Å². The van der Waals surface area contributed by atoms with E-state index in [2.05, 4.69) is 41.5 Å². The molecule has 0 saturated carbocycles. The largest absolute Gasteiger partial charge is 0.461 e. The van der Waals surface area contributed by atoms with Crippen LogP contribution in [0.3, 0.4) is 0 Å². The summed E-state index contributed by atoms with van der Waals surface area (Å²) in [7, 11) is 0. The van der Waals surface area contributed by atoms with Gasteiger partial charge in [-0.15, -0.1) is 0 Å². The second kappa shape index (κ2) is 21.9. The van der Waals surface area contributed by atoms with Gasteiger partial charge in [0.1, 0.15) is 13.2 Å². The molecule has 206 valence electrons. The molecule has 6 heteroatoms. The van der Waals surface area contributed by atoms with Crippen LogP contribution in [0.1, 0.15) is 99.3 Å². The monoisotopic (exact) mass is 506 g/mol. The molecule has 36 heavy (non-hydrogen) atoms. The number of carbonyl (C=O) groups is 3. The van der Waals surface area contributed by atoms with Gasteiger partial charge in [-0.2, -0.15) is 0 Å². The van der Waals surface area contributed by atoms with Crippen molar-refractivity contribution in [3.05, 3.63) is 36.5 Å². The van der Waals surface area contributed by atoms with Gasteiger partial charge in [0.2, 0.25) is 0 Å². The highest BCUT2D eigenvalue weighted by atomic mass is 16.6. The van der Waals surface area contributed by atoms with Crippen LogP contribution < -0.4 is 0 Å². The number of carbonyl (C=O) groups excluding carboxylic acids is 3. The lowest BCUT2D eigenvalue weighted by molar-refractivity contribution is -0.165. The van der Waals surface area contributed by atoms with Gasteiger partial charge < -0.3 is 14.2 Å². The smallest absolute Gasteiger partial charge is 0.310 e. The maximum Gasteiger partial charge on any atom is 0.310 e. The number of hydrogen-bond donors (Lipinski definition) is 0. The van der Waals surface area contributed by atoms with Crippen LogP contribution in [0.2, 0.25) is 0 Å². The zero-order valence-electron chi connectivity index (χ0n) is 23.5. The Morgan fingerprint density at radius 3 is 1.89 bits per heavy atom. The van der Waals surface area contributed by atoms with Crippen LogP contribution in [0.5, 0.6) is 0 Å². The molecule has 6 nitrogen and oxygen atoms in total. The van der Waals surface area contributed by atoms with Crippen molar-refractivity contribution < 1.29 is 28.6 Å². The quantitative estimate of drug-likeness (QED) is 0.0992. The summed E-state index contributed by atoms with van der Waals surface area (Å²) in [5.74, 6) is 0.300. The maximum absolute atomic E-state index is 12.3. The number of allylic oxidation sites excluding steroid dienone is 3. The molecule has 3 atom stereocenters. The summed E-state index contributed by atoms with van der Waals surface area (Å²) in [5.41, 5.74) is 0. The first-order valence-corrected chi connectivity index (χ1v) is 13.6. The molecule has 0 radical (unpaired) electrons. The second-order valence-corrected chi connectivity index (χ2v) is 9.95. The molecular weight excluding hydrogens is 456 g/mol. The predicted octanol–water partition coefficient (Wildman–Crippen LogP) is 7.13. The fourth-order valence-corrected chi connectivity index (χ4v) is 3.19. The van der Waals surface area contributed by atoms with E-state index < -0.39 is 24.0 Å². The number of rotatable bonds is 20. The summed E-state index contributed by atoms with van der Waals surface area (Å²) in [6.45, 7) is 12.5. The third-order valence-corrected chi connectivity index (χ3v) is 5.70.